The van der Waals surface area contributed by atoms with Crippen molar-refractivity contribution in [3.8, 4) is 5.75 Å². The Morgan fingerprint density at radius 3 is 1.77 bits per heavy atom. The number of rotatable bonds is 11. The average molecular weight is 474 g/mol. The second kappa shape index (κ2) is 13.0. The highest BCUT2D eigenvalue weighted by molar-refractivity contribution is 5.92. The molecular weight excluding hydrogens is 442 g/mol. The molecule has 7 heteroatoms. The molecule has 3 rings (SSSR count). The van der Waals surface area contributed by atoms with Gasteiger partial charge in [-0.25, -0.2) is 9.59 Å². The Morgan fingerprint density at radius 2 is 1.23 bits per heavy atom. The first-order valence-corrected chi connectivity index (χ1v) is 11.9. The largest absolute Gasteiger partial charge is 0.462 e. The predicted octanol–water partition coefficient (Wildman–Crippen LogP) is 7.12. The molecule has 7 nitrogen and oxygen atoms in total. The first kappa shape index (κ1) is 25.6. The Morgan fingerprint density at radius 1 is 0.714 bits per heavy atom. The number of carbonyl (C=O) groups excluding carboxylic acids is 2. The van der Waals surface area contributed by atoms with E-state index in [1.165, 1.54) is 0 Å². The number of azo groups is 1. The van der Waals surface area contributed by atoms with Crippen molar-refractivity contribution in [1.29, 1.82) is 0 Å². The Bertz CT molecular complexity index is 1120. The van der Waals surface area contributed by atoms with Gasteiger partial charge in [-0.2, -0.15) is 10.2 Å². The van der Waals surface area contributed by atoms with E-state index in [-0.39, 0.29) is 5.97 Å². The van der Waals surface area contributed by atoms with Crippen molar-refractivity contribution in [3.05, 3.63) is 83.9 Å². The van der Waals surface area contributed by atoms with E-state index in [1.54, 1.807) is 48.5 Å². The summed E-state index contributed by atoms with van der Waals surface area (Å²) in [5.74, 6) is -0.545. The van der Waals surface area contributed by atoms with Crippen molar-refractivity contribution in [3.63, 3.8) is 0 Å². The van der Waals surface area contributed by atoms with Crippen LogP contribution in [0.25, 0.3) is 0 Å². The maximum absolute atomic E-state index is 12.5. The number of ether oxygens (including phenoxy) is 2. The van der Waals surface area contributed by atoms with Gasteiger partial charge in [-0.05, 0) is 93.1 Å². The molecule has 0 saturated heterocycles. The molecule has 35 heavy (non-hydrogen) atoms. The molecule has 0 radical (unpaired) electrons. The van der Waals surface area contributed by atoms with Crippen molar-refractivity contribution >= 4 is 29.0 Å². The Labute approximate surface area is 206 Å². The first-order chi connectivity index (χ1) is 17.0. The van der Waals surface area contributed by atoms with Crippen molar-refractivity contribution in [1.82, 2.24) is 0 Å². The molecule has 3 aromatic rings. The zero-order valence-corrected chi connectivity index (χ0v) is 20.4. The van der Waals surface area contributed by atoms with E-state index in [0.717, 1.165) is 37.3 Å². The van der Waals surface area contributed by atoms with Gasteiger partial charge in [0.1, 0.15) is 5.75 Å². The summed E-state index contributed by atoms with van der Waals surface area (Å²) in [7, 11) is 0. The van der Waals surface area contributed by atoms with Gasteiger partial charge in [-0.1, -0.05) is 13.3 Å². The molecule has 0 atom stereocenters. The highest BCUT2D eigenvalue weighted by Crippen LogP contribution is 2.23. The monoisotopic (exact) mass is 473 g/mol. The number of esters is 2. The van der Waals surface area contributed by atoms with E-state index in [4.69, 9.17) is 9.47 Å². The fourth-order valence-corrected chi connectivity index (χ4v) is 3.32. The number of benzene rings is 3. The van der Waals surface area contributed by atoms with Gasteiger partial charge in [-0.15, -0.1) is 0 Å². The standard InChI is InChI=1S/C28H31N3O4/c1-4-7-20-34-27(32)21-10-18-26(19-11-21)35-28(33)22-8-12-23(13-9-22)29-30-24-14-16-25(17-15-24)31(5-2)6-3/h8-19H,4-7,20H2,1-3H3. The fraction of sp³-hybridized carbons (Fsp3) is 0.286. The van der Waals surface area contributed by atoms with Crippen LogP contribution in [0.3, 0.4) is 0 Å². The number of hydrogen-bond acceptors (Lipinski definition) is 7. The zero-order valence-electron chi connectivity index (χ0n) is 20.4. The molecule has 0 fully saturated rings. The summed E-state index contributed by atoms with van der Waals surface area (Å²) < 4.78 is 10.6. The molecular formula is C28H31N3O4. The van der Waals surface area contributed by atoms with E-state index in [9.17, 15) is 9.59 Å². The van der Waals surface area contributed by atoms with Crippen molar-refractivity contribution < 1.29 is 19.1 Å². The van der Waals surface area contributed by atoms with Crippen LogP contribution in [0.1, 0.15) is 54.3 Å². The molecule has 0 heterocycles. The minimum Gasteiger partial charge on any atom is -0.462 e. The lowest BCUT2D eigenvalue weighted by molar-refractivity contribution is 0.0499. The molecule has 0 aliphatic carbocycles. The Kier molecular flexibility index (Phi) is 9.54. The number of nitrogens with zero attached hydrogens (tertiary/aromatic N) is 3. The minimum atomic E-state index is -0.501. The molecule has 0 aromatic heterocycles. The molecule has 0 unspecified atom stereocenters. The van der Waals surface area contributed by atoms with Crippen LogP contribution in [0.4, 0.5) is 17.1 Å². The number of carbonyl (C=O) groups is 2. The van der Waals surface area contributed by atoms with Gasteiger partial charge in [0.25, 0.3) is 0 Å². The van der Waals surface area contributed by atoms with E-state index in [1.807, 2.05) is 31.2 Å². The second-order valence-electron chi connectivity index (χ2n) is 7.84. The summed E-state index contributed by atoms with van der Waals surface area (Å²) in [6.07, 6.45) is 1.78. The summed E-state index contributed by atoms with van der Waals surface area (Å²) in [5, 5.41) is 8.51. The van der Waals surface area contributed by atoms with Crippen LogP contribution < -0.4 is 9.64 Å². The van der Waals surface area contributed by atoms with Crippen LogP contribution in [-0.4, -0.2) is 31.6 Å². The Balaban J connectivity index is 1.55. The summed E-state index contributed by atoms with van der Waals surface area (Å²) in [6, 6.07) is 20.9. The van der Waals surface area contributed by atoms with Crippen LogP contribution in [0, 0.1) is 0 Å². The smallest absolute Gasteiger partial charge is 0.343 e. The van der Waals surface area contributed by atoms with E-state index in [0.29, 0.717) is 29.2 Å². The van der Waals surface area contributed by atoms with Crippen LogP contribution in [-0.2, 0) is 4.74 Å². The molecule has 0 aliphatic heterocycles. The Hall–Kier alpha value is -4.00. The normalized spacial score (nSPS) is 10.8. The van der Waals surface area contributed by atoms with Crippen LogP contribution in [0.5, 0.6) is 5.75 Å². The van der Waals surface area contributed by atoms with Crippen molar-refractivity contribution in [2.45, 2.75) is 33.6 Å². The number of hydrogen-bond donors (Lipinski definition) is 0. The third kappa shape index (κ3) is 7.50. The molecule has 0 N–H and O–H groups in total. The van der Waals surface area contributed by atoms with Gasteiger partial charge in [-0.3, -0.25) is 0 Å². The summed E-state index contributed by atoms with van der Waals surface area (Å²) in [4.78, 5) is 26.7. The lowest BCUT2D eigenvalue weighted by Crippen LogP contribution is -2.21. The molecule has 0 amide bonds. The molecule has 182 valence electrons. The third-order valence-corrected chi connectivity index (χ3v) is 5.39. The zero-order chi connectivity index (χ0) is 25.0. The van der Waals surface area contributed by atoms with E-state index < -0.39 is 5.97 Å². The molecule has 3 aromatic carbocycles. The minimum absolute atomic E-state index is 0.344. The molecule has 0 aliphatic rings. The lowest BCUT2D eigenvalue weighted by atomic mass is 10.2. The van der Waals surface area contributed by atoms with Gasteiger partial charge in [0.2, 0.25) is 0 Å². The fourth-order valence-electron chi connectivity index (χ4n) is 3.32. The van der Waals surface area contributed by atoms with Gasteiger partial charge in [0.05, 0.1) is 29.1 Å². The summed E-state index contributed by atoms with van der Waals surface area (Å²) in [6.45, 7) is 8.57. The predicted molar refractivity (Wildman–Crippen MR) is 137 cm³/mol. The van der Waals surface area contributed by atoms with Crippen molar-refractivity contribution in [2.75, 3.05) is 24.6 Å². The van der Waals surface area contributed by atoms with E-state index in [2.05, 4.69) is 29.0 Å². The lowest BCUT2D eigenvalue weighted by Gasteiger charge is -2.20. The maximum Gasteiger partial charge on any atom is 0.343 e. The van der Waals surface area contributed by atoms with E-state index >= 15 is 0 Å². The molecule has 0 spiro atoms. The molecule has 0 saturated carbocycles. The van der Waals surface area contributed by atoms with Crippen LogP contribution in [0.15, 0.2) is 83.0 Å². The number of anilines is 1. The topological polar surface area (TPSA) is 80.6 Å². The van der Waals surface area contributed by atoms with Crippen molar-refractivity contribution in [2.24, 2.45) is 10.2 Å². The third-order valence-electron chi connectivity index (χ3n) is 5.39. The summed E-state index contributed by atoms with van der Waals surface area (Å²) in [5.41, 5.74) is 3.33. The quantitative estimate of drug-likeness (QED) is 0.128. The van der Waals surface area contributed by atoms with Gasteiger partial charge >= 0.3 is 11.9 Å². The average Bonchev–Trinajstić information content (AvgIpc) is 2.89. The van der Waals surface area contributed by atoms with Gasteiger partial charge < -0.3 is 14.4 Å². The van der Waals surface area contributed by atoms with Gasteiger partial charge in [0, 0.05) is 18.8 Å². The van der Waals surface area contributed by atoms with Gasteiger partial charge in [0.15, 0.2) is 0 Å². The first-order valence-electron chi connectivity index (χ1n) is 11.9. The second-order valence-corrected chi connectivity index (χ2v) is 7.84. The summed E-state index contributed by atoms with van der Waals surface area (Å²) >= 11 is 0. The SMILES string of the molecule is CCCCOC(=O)c1ccc(OC(=O)c2ccc(N=Nc3ccc(N(CC)CC)cc3)cc2)cc1. The number of unbranched alkanes of at least 4 members (excludes halogenated alkanes) is 1. The van der Waals surface area contributed by atoms with Crippen LogP contribution in [0.2, 0.25) is 0 Å². The van der Waals surface area contributed by atoms with Crippen LogP contribution >= 0.6 is 0 Å². The maximum atomic E-state index is 12.5. The molecule has 0 bridgehead atoms. The highest BCUT2D eigenvalue weighted by Gasteiger charge is 2.11. The highest BCUT2D eigenvalue weighted by atomic mass is 16.5.